The van der Waals surface area contributed by atoms with E-state index in [4.69, 9.17) is 9.47 Å². The number of amides is 1. The van der Waals surface area contributed by atoms with Crippen LogP contribution < -0.4 is 14.4 Å². The topological polar surface area (TPSA) is 55.8 Å². The summed E-state index contributed by atoms with van der Waals surface area (Å²) in [6.07, 6.45) is 0.366. The fourth-order valence-electron chi connectivity index (χ4n) is 2.23. The molecule has 0 radical (unpaired) electrons. The number of carbonyl (C=O) groups is 2. The molecule has 1 aliphatic rings. The number of anilines is 1. The van der Waals surface area contributed by atoms with E-state index >= 15 is 0 Å². The largest absolute Gasteiger partial charge is 0.497 e. The summed E-state index contributed by atoms with van der Waals surface area (Å²) in [5.74, 6) is 1.28. The molecule has 1 saturated heterocycles. The monoisotopic (exact) mass is 295 g/mol. The molecule has 2 rings (SSSR count). The molecule has 0 bridgehead atoms. The first-order valence-electron chi connectivity index (χ1n) is 6.24. The molecule has 1 aromatic rings. The van der Waals surface area contributed by atoms with Crippen LogP contribution in [-0.2, 0) is 9.59 Å². The molecule has 1 unspecified atom stereocenters. The molecule has 5 nitrogen and oxygen atoms in total. The van der Waals surface area contributed by atoms with Crippen molar-refractivity contribution in [3.05, 3.63) is 18.2 Å². The summed E-state index contributed by atoms with van der Waals surface area (Å²) in [6, 6.07) is 5.33. The van der Waals surface area contributed by atoms with Gasteiger partial charge in [-0.25, -0.2) is 0 Å². The summed E-state index contributed by atoms with van der Waals surface area (Å²) in [5, 5.41) is 0.0261. The van der Waals surface area contributed by atoms with Crippen molar-refractivity contribution in [3.63, 3.8) is 0 Å². The molecule has 108 valence electrons. The second-order valence-corrected chi connectivity index (χ2v) is 5.95. The van der Waals surface area contributed by atoms with Crippen LogP contribution in [0, 0.1) is 0 Å². The minimum absolute atomic E-state index is 0.00379. The average Bonchev–Trinajstić information content (AvgIpc) is 2.77. The van der Waals surface area contributed by atoms with Gasteiger partial charge in [-0.3, -0.25) is 9.59 Å². The van der Waals surface area contributed by atoms with Crippen molar-refractivity contribution in [1.82, 2.24) is 0 Å². The first-order chi connectivity index (χ1) is 9.55. The van der Waals surface area contributed by atoms with Gasteiger partial charge in [-0.15, -0.1) is 0 Å². The van der Waals surface area contributed by atoms with Gasteiger partial charge in [0.05, 0.1) is 19.9 Å². The number of benzene rings is 1. The van der Waals surface area contributed by atoms with E-state index in [1.807, 2.05) is 0 Å². The van der Waals surface area contributed by atoms with E-state index in [1.54, 1.807) is 37.3 Å². The Kier molecular flexibility index (Phi) is 4.54. The number of thioether (sulfide) groups is 1. The Bertz CT molecular complexity index is 532. The molecule has 0 aliphatic carbocycles. The van der Waals surface area contributed by atoms with Crippen LogP contribution in [0.25, 0.3) is 0 Å². The third kappa shape index (κ3) is 3.07. The number of carbonyl (C=O) groups excluding carboxylic acids is 2. The molecule has 0 spiro atoms. The van der Waals surface area contributed by atoms with Crippen molar-refractivity contribution >= 4 is 28.5 Å². The van der Waals surface area contributed by atoms with Gasteiger partial charge in [0.2, 0.25) is 5.91 Å². The highest BCUT2D eigenvalue weighted by Gasteiger charge is 2.33. The lowest BCUT2D eigenvalue weighted by Gasteiger charge is -2.20. The molecule has 1 aliphatic heterocycles. The van der Waals surface area contributed by atoms with Gasteiger partial charge in [0.25, 0.3) is 0 Å². The van der Waals surface area contributed by atoms with Gasteiger partial charge in [-0.05, 0) is 12.1 Å². The summed E-state index contributed by atoms with van der Waals surface area (Å²) in [4.78, 5) is 25.0. The lowest BCUT2D eigenvalue weighted by molar-refractivity contribution is -0.117. The predicted octanol–water partition coefficient (Wildman–Crippen LogP) is 2.09. The van der Waals surface area contributed by atoms with Gasteiger partial charge < -0.3 is 14.4 Å². The highest BCUT2D eigenvalue weighted by Crippen LogP contribution is 2.36. The minimum atomic E-state index is -0.00435. The lowest BCUT2D eigenvalue weighted by atomic mass is 10.2. The van der Waals surface area contributed by atoms with Gasteiger partial charge in [0.15, 0.2) is 5.12 Å². The molecule has 1 fully saturated rings. The highest BCUT2D eigenvalue weighted by molar-refractivity contribution is 8.14. The fourth-order valence-corrected chi connectivity index (χ4v) is 3.15. The van der Waals surface area contributed by atoms with Gasteiger partial charge in [-0.2, -0.15) is 0 Å². The van der Waals surface area contributed by atoms with Crippen molar-refractivity contribution in [3.8, 4) is 11.5 Å². The van der Waals surface area contributed by atoms with Gasteiger partial charge in [0.1, 0.15) is 11.5 Å². The Hall–Kier alpha value is -1.69. The summed E-state index contributed by atoms with van der Waals surface area (Å²) in [6.45, 7) is 2.02. The van der Waals surface area contributed by atoms with E-state index in [2.05, 4.69) is 0 Å². The SMILES string of the molecule is COc1ccc(OC)c(N2CC(SC(C)=O)CC2=O)c1. The van der Waals surface area contributed by atoms with Gasteiger partial charge in [0, 0.05) is 31.2 Å². The zero-order valence-electron chi connectivity index (χ0n) is 11.7. The Labute approximate surface area is 122 Å². The second kappa shape index (κ2) is 6.17. The van der Waals surface area contributed by atoms with Crippen molar-refractivity contribution in [2.75, 3.05) is 25.7 Å². The van der Waals surface area contributed by atoms with E-state index in [1.165, 1.54) is 18.7 Å². The summed E-state index contributed by atoms with van der Waals surface area (Å²) in [7, 11) is 3.14. The first kappa shape index (κ1) is 14.7. The van der Waals surface area contributed by atoms with Crippen LogP contribution in [0.15, 0.2) is 18.2 Å². The molecule has 1 amide bonds. The second-order valence-electron chi connectivity index (χ2n) is 4.48. The average molecular weight is 295 g/mol. The molecule has 20 heavy (non-hydrogen) atoms. The van der Waals surface area contributed by atoms with Crippen LogP contribution in [0.3, 0.4) is 0 Å². The number of nitrogens with zero attached hydrogens (tertiary/aromatic N) is 1. The predicted molar refractivity (Wildman–Crippen MR) is 78.6 cm³/mol. The van der Waals surface area contributed by atoms with Crippen LogP contribution in [0.4, 0.5) is 5.69 Å². The molecule has 6 heteroatoms. The number of ether oxygens (including phenoxy) is 2. The fraction of sp³-hybridized carbons (Fsp3) is 0.429. The van der Waals surface area contributed by atoms with E-state index in [0.717, 1.165) is 0 Å². The summed E-state index contributed by atoms with van der Waals surface area (Å²) < 4.78 is 10.5. The molecular weight excluding hydrogens is 278 g/mol. The molecule has 0 aromatic heterocycles. The summed E-state index contributed by atoms with van der Waals surface area (Å²) >= 11 is 1.21. The molecular formula is C14H17NO4S. The number of hydrogen-bond donors (Lipinski definition) is 0. The van der Waals surface area contributed by atoms with Gasteiger partial charge in [-0.1, -0.05) is 11.8 Å². The third-order valence-corrected chi connectivity index (χ3v) is 4.08. The Morgan fingerprint density at radius 3 is 2.70 bits per heavy atom. The molecule has 1 atom stereocenters. The number of methoxy groups -OCH3 is 2. The summed E-state index contributed by atoms with van der Waals surface area (Å²) in [5.41, 5.74) is 0.684. The Morgan fingerprint density at radius 2 is 2.10 bits per heavy atom. The minimum Gasteiger partial charge on any atom is -0.497 e. The zero-order valence-corrected chi connectivity index (χ0v) is 12.5. The number of rotatable bonds is 4. The maximum absolute atomic E-state index is 12.1. The maximum atomic E-state index is 12.1. The van der Waals surface area contributed by atoms with Crippen LogP contribution in [-0.4, -0.2) is 37.0 Å². The standard InChI is InChI=1S/C14H17NO4S/c1-9(16)20-11-7-14(17)15(8-11)12-6-10(18-2)4-5-13(12)19-3/h4-6,11H,7-8H2,1-3H3. The first-order valence-corrected chi connectivity index (χ1v) is 7.12. The third-order valence-electron chi connectivity index (χ3n) is 3.10. The maximum Gasteiger partial charge on any atom is 0.228 e. The van der Waals surface area contributed by atoms with E-state index in [9.17, 15) is 9.59 Å². The van der Waals surface area contributed by atoms with Crippen molar-refractivity contribution in [1.29, 1.82) is 0 Å². The Balaban J connectivity index is 2.26. The zero-order chi connectivity index (χ0) is 14.7. The Morgan fingerprint density at radius 1 is 1.35 bits per heavy atom. The molecule has 1 aromatic carbocycles. The van der Waals surface area contributed by atoms with E-state index in [0.29, 0.717) is 30.2 Å². The highest BCUT2D eigenvalue weighted by atomic mass is 32.2. The normalized spacial score (nSPS) is 18.2. The number of hydrogen-bond acceptors (Lipinski definition) is 5. The molecule has 0 saturated carbocycles. The molecule has 1 heterocycles. The van der Waals surface area contributed by atoms with E-state index < -0.39 is 0 Å². The van der Waals surface area contributed by atoms with Crippen LogP contribution in [0.1, 0.15) is 13.3 Å². The van der Waals surface area contributed by atoms with Crippen molar-refractivity contribution in [2.45, 2.75) is 18.6 Å². The van der Waals surface area contributed by atoms with Crippen LogP contribution >= 0.6 is 11.8 Å². The molecule has 0 N–H and O–H groups in total. The lowest BCUT2D eigenvalue weighted by Crippen LogP contribution is -2.25. The smallest absolute Gasteiger partial charge is 0.228 e. The van der Waals surface area contributed by atoms with Crippen molar-refractivity contribution < 1.29 is 19.1 Å². The van der Waals surface area contributed by atoms with Crippen LogP contribution in [0.5, 0.6) is 11.5 Å². The van der Waals surface area contributed by atoms with Crippen LogP contribution in [0.2, 0.25) is 0 Å². The van der Waals surface area contributed by atoms with E-state index in [-0.39, 0.29) is 16.3 Å². The quantitative estimate of drug-likeness (QED) is 0.851. The van der Waals surface area contributed by atoms with Crippen molar-refractivity contribution in [2.24, 2.45) is 0 Å². The van der Waals surface area contributed by atoms with Gasteiger partial charge >= 0.3 is 0 Å².